The summed E-state index contributed by atoms with van der Waals surface area (Å²) >= 11 is 0. The minimum absolute atomic E-state index is 0.219. The quantitative estimate of drug-likeness (QED) is 0.106. The number of rotatable bonds is 8. The molecule has 5 aromatic rings. The molecule has 0 fully saturated rings. The molecule has 4 N–H and O–H groups in total. The Kier molecular flexibility index (Phi) is 9.04. The summed E-state index contributed by atoms with van der Waals surface area (Å²) in [6.45, 7) is 2.03. The number of nitrogen functional groups attached to an aromatic ring is 1. The number of likely N-dealkylation sites (N-methyl/N-ethyl adjacent to an activating group) is 1. The molecule has 5 rings (SSSR count). The van der Waals surface area contributed by atoms with Gasteiger partial charge < -0.3 is 10.0 Å². The van der Waals surface area contributed by atoms with E-state index in [9.17, 15) is 19.5 Å². The maximum atomic E-state index is 13.3. The van der Waals surface area contributed by atoms with Crippen molar-refractivity contribution >= 4 is 28.7 Å². The lowest BCUT2D eigenvalue weighted by molar-refractivity contribution is -0.142. The molecular weight excluding hydrogens is 554 g/mol. The number of hydrazine groups is 1. The van der Waals surface area contributed by atoms with Crippen LogP contribution in [-0.2, 0) is 11.2 Å². The van der Waals surface area contributed by atoms with E-state index in [-0.39, 0.29) is 18.9 Å². The Balaban J connectivity index is 1.31. The van der Waals surface area contributed by atoms with Crippen LogP contribution in [0.2, 0.25) is 0 Å². The molecule has 0 aliphatic heterocycles. The highest BCUT2D eigenvalue weighted by molar-refractivity contribution is 6.06. The molecule has 0 bridgehead atoms. The number of carboxylic acid groups (broad SMARTS) is 1. The number of carboxylic acids is 1. The van der Waals surface area contributed by atoms with Crippen molar-refractivity contribution in [3.05, 3.63) is 131 Å². The Labute approximate surface area is 254 Å². The third kappa shape index (κ3) is 6.62. The number of benzene rings is 3. The molecule has 2 heterocycles. The van der Waals surface area contributed by atoms with Crippen LogP contribution >= 0.6 is 0 Å². The molecule has 0 aliphatic rings. The minimum atomic E-state index is -1.05. The van der Waals surface area contributed by atoms with Gasteiger partial charge in [0.1, 0.15) is 6.04 Å². The van der Waals surface area contributed by atoms with Crippen LogP contribution in [-0.4, -0.2) is 50.3 Å². The molecule has 9 heteroatoms. The van der Waals surface area contributed by atoms with Gasteiger partial charge in [-0.25, -0.2) is 15.6 Å². The Morgan fingerprint density at radius 3 is 2.20 bits per heavy atom. The number of aliphatic carboxylic acids is 1. The SMILES string of the molecule is CCN(C(=O)c1ccc(C#Cc2ccc(-c3cc(C(=O)NN)c4cnccc4n3)cc2)cc1)C(Cc1ccccc1)C(=O)O. The number of nitrogens with zero attached hydrogens (tertiary/aromatic N) is 3. The highest BCUT2D eigenvalue weighted by atomic mass is 16.4. The Hall–Kier alpha value is -5.85. The molecule has 44 heavy (non-hydrogen) atoms. The summed E-state index contributed by atoms with van der Waals surface area (Å²) < 4.78 is 0. The van der Waals surface area contributed by atoms with Crippen molar-refractivity contribution in [3.63, 3.8) is 0 Å². The number of hydrogen-bond acceptors (Lipinski definition) is 6. The summed E-state index contributed by atoms with van der Waals surface area (Å²) in [6.07, 6.45) is 3.41. The lowest BCUT2D eigenvalue weighted by Gasteiger charge is -2.28. The van der Waals surface area contributed by atoms with Crippen LogP contribution in [0.5, 0.6) is 0 Å². The van der Waals surface area contributed by atoms with Crippen molar-refractivity contribution in [2.24, 2.45) is 5.84 Å². The van der Waals surface area contributed by atoms with E-state index in [1.54, 1.807) is 55.7 Å². The van der Waals surface area contributed by atoms with Gasteiger partial charge in [-0.05, 0) is 61.0 Å². The first-order chi connectivity index (χ1) is 21.4. The Morgan fingerprint density at radius 2 is 1.59 bits per heavy atom. The van der Waals surface area contributed by atoms with Gasteiger partial charge in [0.25, 0.3) is 11.8 Å². The topological polar surface area (TPSA) is 139 Å². The van der Waals surface area contributed by atoms with E-state index in [1.807, 2.05) is 54.6 Å². The number of aromatic nitrogens is 2. The number of pyridine rings is 2. The minimum Gasteiger partial charge on any atom is -0.480 e. The van der Waals surface area contributed by atoms with Crippen LogP contribution in [0.15, 0.2) is 103 Å². The zero-order valence-corrected chi connectivity index (χ0v) is 23.9. The van der Waals surface area contributed by atoms with Gasteiger partial charge in [-0.1, -0.05) is 54.3 Å². The van der Waals surface area contributed by atoms with E-state index in [1.165, 1.54) is 4.90 Å². The highest BCUT2D eigenvalue weighted by Crippen LogP contribution is 2.25. The zero-order chi connectivity index (χ0) is 31.1. The third-order valence-electron chi connectivity index (χ3n) is 7.18. The first-order valence-corrected chi connectivity index (χ1v) is 13.9. The van der Waals surface area contributed by atoms with Gasteiger partial charge in [-0.3, -0.25) is 20.0 Å². The van der Waals surface area contributed by atoms with Crippen LogP contribution in [0.25, 0.3) is 22.2 Å². The summed E-state index contributed by atoms with van der Waals surface area (Å²) in [5, 5.41) is 10.5. The fraction of sp³-hybridized carbons (Fsp3) is 0.114. The van der Waals surface area contributed by atoms with E-state index in [4.69, 9.17) is 5.84 Å². The number of fused-ring (bicyclic) bond motifs is 1. The predicted octanol–water partition coefficient (Wildman–Crippen LogP) is 4.46. The first-order valence-electron chi connectivity index (χ1n) is 13.9. The zero-order valence-electron chi connectivity index (χ0n) is 23.9. The van der Waals surface area contributed by atoms with Crippen molar-refractivity contribution < 1.29 is 19.5 Å². The molecule has 0 aliphatic carbocycles. The maximum absolute atomic E-state index is 13.3. The number of nitrogens with one attached hydrogen (secondary N) is 1. The van der Waals surface area contributed by atoms with Gasteiger partial charge in [-0.2, -0.15) is 0 Å². The van der Waals surface area contributed by atoms with E-state index in [0.717, 1.165) is 16.7 Å². The maximum Gasteiger partial charge on any atom is 0.326 e. The monoisotopic (exact) mass is 583 g/mol. The van der Waals surface area contributed by atoms with E-state index in [2.05, 4.69) is 27.2 Å². The van der Waals surface area contributed by atoms with Gasteiger partial charge in [-0.15, -0.1) is 0 Å². The number of carbonyl (C=O) groups excluding carboxylic acids is 2. The average Bonchev–Trinajstić information content (AvgIpc) is 3.07. The van der Waals surface area contributed by atoms with Crippen LogP contribution in [0.4, 0.5) is 0 Å². The molecule has 1 atom stereocenters. The van der Waals surface area contributed by atoms with Crippen LogP contribution < -0.4 is 11.3 Å². The average molecular weight is 584 g/mol. The van der Waals surface area contributed by atoms with Gasteiger partial charge in [0.15, 0.2) is 0 Å². The lowest BCUT2D eigenvalue weighted by Crippen LogP contribution is -2.46. The summed E-state index contributed by atoms with van der Waals surface area (Å²) in [5.74, 6) is 9.77. The second kappa shape index (κ2) is 13.4. The number of carbonyl (C=O) groups is 3. The fourth-order valence-electron chi connectivity index (χ4n) is 4.89. The molecule has 0 saturated carbocycles. The van der Waals surface area contributed by atoms with Crippen molar-refractivity contribution in [2.75, 3.05) is 6.54 Å². The van der Waals surface area contributed by atoms with Gasteiger partial charge in [0.2, 0.25) is 0 Å². The van der Waals surface area contributed by atoms with Crippen LogP contribution in [0, 0.1) is 11.8 Å². The Morgan fingerprint density at radius 1 is 0.932 bits per heavy atom. The molecule has 0 saturated heterocycles. The summed E-state index contributed by atoms with van der Waals surface area (Å²) in [7, 11) is 0. The molecule has 1 unspecified atom stereocenters. The van der Waals surface area contributed by atoms with Crippen LogP contribution in [0.3, 0.4) is 0 Å². The highest BCUT2D eigenvalue weighted by Gasteiger charge is 2.29. The molecular formula is C35H29N5O4. The van der Waals surface area contributed by atoms with Crippen molar-refractivity contribution in [1.29, 1.82) is 0 Å². The largest absolute Gasteiger partial charge is 0.480 e. The van der Waals surface area contributed by atoms with E-state index >= 15 is 0 Å². The number of amides is 2. The third-order valence-corrected chi connectivity index (χ3v) is 7.18. The fourth-order valence-corrected chi connectivity index (χ4v) is 4.89. The molecule has 218 valence electrons. The molecule has 2 aromatic heterocycles. The smallest absolute Gasteiger partial charge is 0.326 e. The Bertz CT molecular complexity index is 1880. The molecule has 0 spiro atoms. The summed E-state index contributed by atoms with van der Waals surface area (Å²) in [6, 6.07) is 26.0. The lowest BCUT2D eigenvalue weighted by atomic mass is 10.0. The summed E-state index contributed by atoms with van der Waals surface area (Å²) in [4.78, 5) is 47.9. The van der Waals surface area contributed by atoms with E-state index in [0.29, 0.717) is 33.3 Å². The van der Waals surface area contributed by atoms with Crippen LogP contribution in [0.1, 0.15) is 44.3 Å². The number of nitrogens with two attached hydrogens (primary N) is 1. The number of hydrogen-bond donors (Lipinski definition) is 3. The molecule has 0 radical (unpaired) electrons. The summed E-state index contributed by atoms with van der Waals surface area (Å²) in [5.41, 5.74) is 7.29. The van der Waals surface area contributed by atoms with Gasteiger partial charge in [0, 0.05) is 53.0 Å². The first kappa shape index (κ1) is 29.6. The van der Waals surface area contributed by atoms with Gasteiger partial charge in [0.05, 0.1) is 16.8 Å². The van der Waals surface area contributed by atoms with Crippen molar-refractivity contribution in [2.45, 2.75) is 19.4 Å². The predicted molar refractivity (Wildman–Crippen MR) is 167 cm³/mol. The van der Waals surface area contributed by atoms with Crippen molar-refractivity contribution in [3.8, 4) is 23.1 Å². The molecule has 3 aromatic carbocycles. The van der Waals surface area contributed by atoms with Crippen molar-refractivity contribution in [1.82, 2.24) is 20.3 Å². The van der Waals surface area contributed by atoms with Gasteiger partial charge >= 0.3 is 5.97 Å². The van der Waals surface area contributed by atoms with E-state index < -0.39 is 17.9 Å². The molecule has 9 nitrogen and oxygen atoms in total. The normalized spacial score (nSPS) is 11.2. The second-order valence-corrected chi connectivity index (χ2v) is 9.96. The second-order valence-electron chi connectivity index (χ2n) is 9.96. The molecule has 2 amide bonds. The standard InChI is InChI=1S/C35H29N5O4/c1-2-40(32(35(43)44)20-25-6-4-3-5-7-25)34(42)27-16-12-24(13-17-27)9-8-23-10-14-26(15-11-23)31-21-28(33(41)39-36)29-22-37-19-18-30(29)38-31/h3-7,10-19,21-22,32H,2,20,36H2,1H3,(H,39,41)(H,43,44).